The summed E-state index contributed by atoms with van der Waals surface area (Å²) in [5, 5.41) is 20.6. The minimum Gasteiger partial charge on any atom is -0.507 e. The number of rotatable bonds is 4. The van der Waals surface area contributed by atoms with E-state index < -0.39 is 18.6 Å². The number of phenols is 1. The van der Waals surface area contributed by atoms with Gasteiger partial charge in [-0.1, -0.05) is 5.10 Å². The SMILES string of the molecule is Oc1cc(-n2cccc2)ccc1-c1cnc(O[C@@H]2CCNCC2(F)F)nn1. The summed E-state index contributed by atoms with van der Waals surface area (Å²) in [7, 11) is 0. The number of hydrogen-bond donors (Lipinski definition) is 2. The van der Waals surface area contributed by atoms with Crippen LogP contribution in [0.2, 0.25) is 0 Å². The molecule has 1 aliphatic rings. The molecular formula is C18H17F2N5O2. The predicted molar refractivity (Wildman–Crippen MR) is 93.1 cm³/mol. The molecule has 3 heterocycles. The average molecular weight is 373 g/mol. The quantitative estimate of drug-likeness (QED) is 0.731. The highest BCUT2D eigenvalue weighted by Crippen LogP contribution is 2.30. The monoisotopic (exact) mass is 373 g/mol. The number of alkyl halides is 2. The summed E-state index contributed by atoms with van der Waals surface area (Å²) >= 11 is 0. The second-order valence-electron chi connectivity index (χ2n) is 6.25. The van der Waals surface area contributed by atoms with Crippen LogP contribution in [0, 0.1) is 0 Å². The van der Waals surface area contributed by atoms with Gasteiger partial charge in [0.15, 0.2) is 6.10 Å². The van der Waals surface area contributed by atoms with Crippen LogP contribution in [0.1, 0.15) is 6.42 Å². The molecule has 0 saturated carbocycles. The van der Waals surface area contributed by atoms with E-state index in [9.17, 15) is 13.9 Å². The Morgan fingerprint density at radius 2 is 2.04 bits per heavy atom. The van der Waals surface area contributed by atoms with E-state index in [0.29, 0.717) is 17.8 Å². The van der Waals surface area contributed by atoms with Crippen molar-refractivity contribution in [2.45, 2.75) is 18.4 Å². The van der Waals surface area contributed by atoms with Gasteiger partial charge in [0.25, 0.3) is 5.92 Å². The molecule has 27 heavy (non-hydrogen) atoms. The molecule has 0 aliphatic carbocycles. The Bertz CT molecular complexity index is 916. The van der Waals surface area contributed by atoms with E-state index in [1.54, 1.807) is 12.1 Å². The highest BCUT2D eigenvalue weighted by Gasteiger charge is 2.44. The van der Waals surface area contributed by atoms with Crippen molar-refractivity contribution in [1.82, 2.24) is 25.1 Å². The highest BCUT2D eigenvalue weighted by atomic mass is 19.3. The van der Waals surface area contributed by atoms with Gasteiger partial charge in [-0.05, 0) is 30.8 Å². The van der Waals surface area contributed by atoms with E-state index in [-0.39, 0.29) is 18.2 Å². The lowest BCUT2D eigenvalue weighted by Crippen LogP contribution is -2.52. The first-order valence-corrected chi connectivity index (χ1v) is 8.44. The first kappa shape index (κ1) is 17.3. The van der Waals surface area contributed by atoms with Crippen molar-refractivity contribution in [2.24, 2.45) is 0 Å². The average Bonchev–Trinajstić information content (AvgIpc) is 3.19. The third-order valence-corrected chi connectivity index (χ3v) is 4.36. The van der Waals surface area contributed by atoms with Crippen molar-refractivity contribution < 1.29 is 18.6 Å². The molecular weight excluding hydrogens is 356 g/mol. The van der Waals surface area contributed by atoms with Gasteiger partial charge in [0.2, 0.25) is 0 Å². The van der Waals surface area contributed by atoms with E-state index in [1.807, 2.05) is 35.2 Å². The summed E-state index contributed by atoms with van der Waals surface area (Å²) in [5.74, 6) is -2.98. The lowest BCUT2D eigenvalue weighted by atomic mass is 10.1. The number of halogens is 2. The fraction of sp³-hybridized carbons (Fsp3) is 0.278. The number of phenolic OH excluding ortho intramolecular Hbond substituents is 1. The number of piperidine rings is 1. The van der Waals surface area contributed by atoms with Crippen molar-refractivity contribution >= 4 is 0 Å². The summed E-state index contributed by atoms with van der Waals surface area (Å²) in [5.41, 5.74) is 1.54. The molecule has 3 aromatic rings. The van der Waals surface area contributed by atoms with Crippen molar-refractivity contribution in [3.05, 3.63) is 48.9 Å². The van der Waals surface area contributed by atoms with E-state index in [2.05, 4.69) is 20.5 Å². The minimum absolute atomic E-state index is 0.0101. The molecule has 0 radical (unpaired) electrons. The van der Waals surface area contributed by atoms with Gasteiger partial charge in [-0.2, -0.15) is 0 Å². The molecule has 1 aliphatic heterocycles. The van der Waals surface area contributed by atoms with Gasteiger partial charge >= 0.3 is 6.01 Å². The fourth-order valence-corrected chi connectivity index (χ4v) is 2.93. The van der Waals surface area contributed by atoms with Crippen LogP contribution in [0.15, 0.2) is 48.9 Å². The Labute approximate surface area is 153 Å². The molecule has 140 valence electrons. The van der Waals surface area contributed by atoms with Crippen LogP contribution in [0.25, 0.3) is 16.9 Å². The van der Waals surface area contributed by atoms with Crippen LogP contribution in [0.3, 0.4) is 0 Å². The lowest BCUT2D eigenvalue weighted by Gasteiger charge is -2.30. The van der Waals surface area contributed by atoms with Crippen molar-refractivity contribution in [2.75, 3.05) is 13.1 Å². The Balaban J connectivity index is 1.52. The van der Waals surface area contributed by atoms with Gasteiger partial charge in [-0.25, -0.2) is 13.8 Å². The fourth-order valence-electron chi connectivity index (χ4n) is 2.93. The molecule has 7 nitrogen and oxygen atoms in total. The number of hydrogen-bond acceptors (Lipinski definition) is 6. The maximum Gasteiger partial charge on any atom is 0.336 e. The maximum absolute atomic E-state index is 13.8. The Hall–Kier alpha value is -3.07. The van der Waals surface area contributed by atoms with Crippen LogP contribution in [-0.4, -0.2) is 50.0 Å². The summed E-state index contributed by atoms with van der Waals surface area (Å²) in [6.45, 7) is -0.00181. The van der Waals surface area contributed by atoms with Gasteiger partial charge in [0.1, 0.15) is 11.4 Å². The number of aromatic hydroxyl groups is 1. The normalized spacial score (nSPS) is 19.0. The van der Waals surface area contributed by atoms with Crippen LogP contribution >= 0.6 is 0 Å². The van der Waals surface area contributed by atoms with Gasteiger partial charge < -0.3 is 19.7 Å². The van der Waals surface area contributed by atoms with Gasteiger partial charge in [-0.15, -0.1) is 5.10 Å². The molecule has 2 aromatic heterocycles. The first-order chi connectivity index (χ1) is 13.0. The van der Waals surface area contributed by atoms with E-state index in [0.717, 1.165) is 5.69 Å². The maximum atomic E-state index is 13.8. The summed E-state index contributed by atoms with van der Waals surface area (Å²) in [6.07, 6.45) is 3.92. The number of aromatic nitrogens is 4. The molecule has 4 rings (SSSR count). The molecule has 0 spiro atoms. The molecule has 1 saturated heterocycles. The third kappa shape index (κ3) is 3.59. The van der Waals surface area contributed by atoms with Gasteiger partial charge in [0.05, 0.1) is 12.7 Å². The zero-order chi connectivity index (χ0) is 18.9. The van der Waals surface area contributed by atoms with Crippen LogP contribution < -0.4 is 10.1 Å². The minimum atomic E-state index is -2.99. The highest BCUT2D eigenvalue weighted by molar-refractivity contribution is 5.67. The molecule has 9 heteroatoms. The van der Waals surface area contributed by atoms with Crippen LogP contribution in [-0.2, 0) is 0 Å². The number of ether oxygens (including phenoxy) is 1. The largest absolute Gasteiger partial charge is 0.507 e. The van der Waals surface area contributed by atoms with Crippen LogP contribution in [0.5, 0.6) is 11.8 Å². The topological polar surface area (TPSA) is 85.1 Å². The molecule has 0 unspecified atom stereocenters. The second kappa shape index (κ2) is 6.92. The Morgan fingerprint density at radius 3 is 2.70 bits per heavy atom. The van der Waals surface area contributed by atoms with Crippen molar-refractivity contribution in [1.29, 1.82) is 0 Å². The molecule has 0 amide bonds. The van der Waals surface area contributed by atoms with Crippen molar-refractivity contribution in [3.63, 3.8) is 0 Å². The number of benzene rings is 1. The van der Waals surface area contributed by atoms with Crippen LogP contribution in [0.4, 0.5) is 8.78 Å². The lowest BCUT2D eigenvalue weighted by molar-refractivity contribution is -0.111. The van der Waals surface area contributed by atoms with E-state index >= 15 is 0 Å². The molecule has 2 N–H and O–H groups in total. The molecule has 1 aromatic carbocycles. The molecule has 1 atom stereocenters. The Kier molecular flexibility index (Phi) is 4.44. The Morgan fingerprint density at radius 1 is 1.22 bits per heavy atom. The van der Waals surface area contributed by atoms with E-state index in [4.69, 9.17) is 4.74 Å². The zero-order valence-corrected chi connectivity index (χ0v) is 14.2. The smallest absolute Gasteiger partial charge is 0.336 e. The predicted octanol–water partition coefficient (Wildman–Crippen LogP) is 2.41. The molecule has 0 bridgehead atoms. The summed E-state index contributed by atoms with van der Waals surface area (Å²) in [4.78, 5) is 3.96. The van der Waals surface area contributed by atoms with Gasteiger partial charge in [-0.3, -0.25) is 0 Å². The number of nitrogens with one attached hydrogen (secondary N) is 1. The molecule has 1 fully saturated rings. The summed E-state index contributed by atoms with van der Waals surface area (Å²) < 4.78 is 34.7. The third-order valence-electron chi connectivity index (χ3n) is 4.36. The van der Waals surface area contributed by atoms with Gasteiger partial charge in [0, 0.05) is 36.1 Å². The standard InChI is InChI=1S/C18H17F2N5O2/c19-18(20)11-21-6-5-16(18)27-17-22-10-14(23-24-17)13-4-3-12(9-15(13)26)25-7-1-2-8-25/h1-4,7-10,16,21,26H,5-6,11H2/t16-/m1/s1. The second-order valence-corrected chi connectivity index (χ2v) is 6.25. The summed E-state index contributed by atoms with van der Waals surface area (Å²) in [6, 6.07) is 8.65. The van der Waals surface area contributed by atoms with Crippen molar-refractivity contribution in [3.8, 4) is 28.7 Å². The van der Waals surface area contributed by atoms with E-state index in [1.165, 1.54) is 6.20 Å². The zero-order valence-electron chi connectivity index (χ0n) is 14.2. The number of nitrogens with zero attached hydrogens (tertiary/aromatic N) is 4. The first-order valence-electron chi connectivity index (χ1n) is 8.44.